The van der Waals surface area contributed by atoms with Gasteiger partial charge in [-0.25, -0.2) is 0 Å². The van der Waals surface area contributed by atoms with Gasteiger partial charge in [0.05, 0.1) is 0 Å². The lowest BCUT2D eigenvalue weighted by Gasteiger charge is -2.05. The van der Waals surface area contributed by atoms with Crippen molar-refractivity contribution >= 4 is 5.78 Å². The first-order valence-electron chi connectivity index (χ1n) is 5.68. The van der Waals surface area contributed by atoms with Gasteiger partial charge in [0, 0.05) is 5.56 Å². The zero-order valence-corrected chi connectivity index (χ0v) is 9.86. The molecule has 0 radical (unpaired) electrons. The maximum absolute atomic E-state index is 12.0. The van der Waals surface area contributed by atoms with Crippen LogP contribution in [0.2, 0.25) is 0 Å². The van der Waals surface area contributed by atoms with Gasteiger partial charge in [-0.1, -0.05) is 19.4 Å². The van der Waals surface area contributed by atoms with Crippen LogP contribution in [0.25, 0.3) is 0 Å². The Hall–Kier alpha value is -1.57. The summed E-state index contributed by atoms with van der Waals surface area (Å²) in [6.07, 6.45) is 4.82. The molecule has 0 heterocycles. The molecule has 0 atom stereocenters. The molecule has 0 aliphatic carbocycles. The highest BCUT2D eigenvalue weighted by Gasteiger charge is 2.10. The summed E-state index contributed by atoms with van der Waals surface area (Å²) in [5.74, 6) is 0.253. The third-order valence-corrected chi connectivity index (χ3v) is 2.57. The Bertz CT molecular complexity index is 374. The number of unbranched alkanes of at least 4 members (excludes halogenated alkanes) is 1. The van der Waals surface area contributed by atoms with Crippen molar-refractivity contribution in [3.63, 3.8) is 0 Å². The summed E-state index contributed by atoms with van der Waals surface area (Å²) in [5, 5.41) is 9.15. The van der Waals surface area contributed by atoms with Crippen LogP contribution in [-0.4, -0.2) is 10.9 Å². The minimum atomic E-state index is 0.0657. The molecule has 86 valence electrons. The van der Waals surface area contributed by atoms with Gasteiger partial charge in [-0.2, -0.15) is 0 Å². The molecule has 2 heteroatoms. The van der Waals surface area contributed by atoms with Crippen LogP contribution in [0, 0.1) is 0 Å². The third-order valence-electron chi connectivity index (χ3n) is 2.57. The van der Waals surface area contributed by atoms with Crippen LogP contribution in [0.5, 0.6) is 5.75 Å². The normalized spacial score (nSPS) is 11.5. The van der Waals surface area contributed by atoms with Crippen molar-refractivity contribution in [1.29, 1.82) is 0 Å². The lowest BCUT2D eigenvalue weighted by molar-refractivity contribution is 0.103. The first-order valence-corrected chi connectivity index (χ1v) is 5.68. The van der Waals surface area contributed by atoms with E-state index >= 15 is 0 Å². The summed E-state index contributed by atoms with van der Waals surface area (Å²) in [6, 6.07) is 6.40. The Labute approximate surface area is 96.6 Å². The molecule has 0 unspecified atom stereocenters. The number of benzene rings is 1. The summed E-state index contributed by atoms with van der Waals surface area (Å²) in [4.78, 5) is 12.0. The zero-order chi connectivity index (χ0) is 12.0. The topological polar surface area (TPSA) is 37.3 Å². The van der Waals surface area contributed by atoms with Crippen molar-refractivity contribution in [3.8, 4) is 5.75 Å². The molecule has 2 nitrogen and oxygen atoms in total. The predicted molar refractivity (Wildman–Crippen MR) is 65.7 cm³/mol. The first kappa shape index (κ1) is 12.5. The van der Waals surface area contributed by atoms with Gasteiger partial charge >= 0.3 is 0 Å². The van der Waals surface area contributed by atoms with Gasteiger partial charge in [0.15, 0.2) is 5.78 Å². The molecule has 1 aromatic carbocycles. The van der Waals surface area contributed by atoms with E-state index in [0.717, 1.165) is 24.8 Å². The predicted octanol–water partition coefficient (Wildman–Crippen LogP) is 3.71. The van der Waals surface area contributed by atoms with E-state index in [1.165, 1.54) is 0 Å². The highest BCUT2D eigenvalue weighted by molar-refractivity contribution is 6.08. The first-order chi connectivity index (χ1) is 7.69. The number of allylic oxidation sites excluding steroid dienone is 2. The summed E-state index contributed by atoms with van der Waals surface area (Å²) < 4.78 is 0. The average molecular weight is 218 g/mol. The van der Waals surface area contributed by atoms with E-state index in [9.17, 15) is 4.79 Å². The van der Waals surface area contributed by atoms with Crippen molar-refractivity contribution in [2.24, 2.45) is 0 Å². The van der Waals surface area contributed by atoms with Gasteiger partial charge in [-0.3, -0.25) is 4.79 Å². The van der Waals surface area contributed by atoms with Crippen molar-refractivity contribution in [1.82, 2.24) is 0 Å². The molecule has 1 aromatic rings. The quantitative estimate of drug-likeness (QED) is 0.604. The average Bonchev–Trinajstić information content (AvgIpc) is 2.30. The highest BCUT2D eigenvalue weighted by Crippen LogP contribution is 2.17. The number of phenols is 1. The second-order valence-corrected chi connectivity index (χ2v) is 3.79. The Morgan fingerprint density at radius 3 is 2.44 bits per heavy atom. The number of Topliss-reactive ketones (excluding diaryl/α,β-unsaturated/α-hetero) is 1. The van der Waals surface area contributed by atoms with Crippen molar-refractivity contribution in [3.05, 3.63) is 41.5 Å². The maximum Gasteiger partial charge on any atom is 0.188 e. The molecule has 0 saturated heterocycles. The van der Waals surface area contributed by atoms with Gasteiger partial charge in [-0.15, -0.1) is 0 Å². The molecule has 0 aliphatic heterocycles. The molecule has 0 aromatic heterocycles. The molecule has 1 N–H and O–H groups in total. The van der Waals surface area contributed by atoms with E-state index < -0.39 is 0 Å². The van der Waals surface area contributed by atoms with Gasteiger partial charge in [-0.05, 0) is 49.6 Å². The van der Waals surface area contributed by atoms with Crippen LogP contribution in [-0.2, 0) is 0 Å². The Morgan fingerprint density at radius 2 is 1.94 bits per heavy atom. The number of carbonyl (C=O) groups excluding carboxylic acids is 1. The maximum atomic E-state index is 12.0. The van der Waals surface area contributed by atoms with E-state index in [-0.39, 0.29) is 11.5 Å². The number of carbonyl (C=O) groups is 1. The number of rotatable bonds is 5. The van der Waals surface area contributed by atoms with Crippen molar-refractivity contribution < 1.29 is 9.90 Å². The monoisotopic (exact) mass is 218 g/mol. The fourth-order valence-corrected chi connectivity index (χ4v) is 1.55. The molecule has 0 saturated carbocycles. The van der Waals surface area contributed by atoms with E-state index in [2.05, 4.69) is 6.92 Å². The number of phenolic OH excluding ortho intramolecular Hbond substituents is 1. The van der Waals surface area contributed by atoms with Crippen molar-refractivity contribution in [2.75, 3.05) is 0 Å². The molecular formula is C14H18O2. The summed E-state index contributed by atoms with van der Waals surface area (Å²) in [5.41, 5.74) is 1.49. The molecule has 0 fully saturated rings. The molecule has 0 amide bonds. The van der Waals surface area contributed by atoms with Gasteiger partial charge in [0.2, 0.25) is 0 Å². The number of ketones is 1. The second-order valence-electron chi connectivity index (χ2n) is 3.79. The van der Waals surface area contributed by atoms with E-state index in [1.807, 2.05) is 13.0 Å². The lowest BCUT2D eigenvalue weighted by atomic mass is 9.99. The standard InChI is InChI=1S/C14H18O2/c1-3-5-6-11(4-2)14(16)12-7-9-13(15)10-8-12/h4,7-10,15H,3,5-6H2,1-2H3/b11-4+. The number of aromatic hydroxyl groups is 1. The molecule has 1 rings (SSSR count). The van der Waals surface area contributed by atoms with Gasteiger partial charge < -0.3 is 5.11 Å². The molecule has 0 aliphatic rings. The van der Waals surface area contributed by atoms with Gasteiger partial charge in [0.1, 0.15) is 5.75 Å². The molecule has 0 spiro atoms. The number of hydrogen-bond donors (Lipinski definition) is 1. The fourth-order valence-electron chi connectivity index (χ4n) is 1.55. The zero-order valence-electron chi connectivity index (χ0n) is 9.86. The molecule has 16 heavy (non-hydrogen) atoms. The third kappa shape index (κ3) is 3.23. The van der Waals surface area contributed by atoms with E-state index in [4.69, 9.17) is 5.11 Å². The van der Waals surface area contributed by atoms with Crippen LogP contribution in [0.1, 0.15) is 43.5 Å². The smallest absolute Gasteiger partial charge is 0.188 e. The summed E-state index contributed by atoms with van der Waals surface area (Å²) in [6.45, 7) is 4.00. The summed E-state index contributed by atoms with van der Waals surface area (Å²) in [7, 11) is 0. The van der Waals surface area contributed by atoms with Crippen LogP contribution in [0.15, 0.2) is 35.9 Å². The Morgan fingerprint density at radius 1 is 1.31 bits per heavy atom. The lowest BCUT2D eigenvalue weighted by Crippen LogP contribution is -2.03. The van der Waals surface area contributed by atoms with E-state index in [0.29, 0.717) is 5.56 Å². The van der Waals surface area contributed by atoms with Crippen LogP contribution < -0.4 is 0 Å². The highest BCUT2D eigenvalue weighted by atomic mass is 16.3. The fraction of sp³-hybridized carbons (Fsp3) is 0.357. The SMILES string of the molecule is C/C=C(\CCCC)C(=O)c1ccc(O)cc1. The largest absolute Gasteiger partial charge is 0.508 e. The van der Waals surface area contributed by atoms with Crippen LogP contribution in [0.3, 0.4) is 0 Å². The van der Waals surface area contributed by atoms with Crippen LogP contribution >= 0.6 is 0 Å². The minimum Gasteiger partial charge on any atom is -0.508 e. The van der Waals surface area contributed by atoms with Crippen LogP contribution in [0.4, 0.5) is 0 Å². The Balaban J connectivity index is 2.79. The Kier molecular flexibility index (Phi) is 4.77. The second kappa shape index (κ2) is 6.11. The summed E-state index contributed by atoms with van der Waals surface area (Å²) >= 11 is 0. The molecular weight excluding hydrogens is 200 g/mol. The van der Waals surface area contributed by atoms with Gasteiger partial charge in [0.25, 0.3) is 0 Å². The minimum absolute atomic E-state index is 0.0657. The number of hydrogen-bond acceptors (Lipinski definition) is 2. The van der Waals surface area contributed by atoms with E-state index in [1.54, 1.807) is 24.3 Å². The molecule has 0 bridgehead atoms. The van der Waals surface area contributed by atoms with Crippen molar-refractivity contribution in [2.45, 2.75) is 33.1 Å².